The lowest BCUT2D eigenvalue weighted by atomic mass is 10.2. The molecular weight excluding hydrogens is 276 g/mol. The Morgan fingerprint density at radius 2 is 2.45 bits per heavy atom. The molecule has 106 valence electrons. The summed E-state index contributed by atoms with van der Waals surface area (Å²) in [6, 6.07) is 0.219. The van der Waals surface area contributed by atoms with Crippen LogP contribution in [0, 0.1) is 0 Å². The van der Waals surface area contributed by atoms with Gasteiger partial charge in [-0.25, -0.2) is 4.68 Å². The number of likely N-dealkylation sites (tertiary alicyclic amines) is 1. The van der Waals surface area contributed by atoms with Crippen molar-refractivity contribution in [2.75, 3.05) is 13.1 Å². The Balaban J connectivity index is 1.71. The van der Waals surface area contributed by atoms with Gasteiger partial charge in [-0.3, -0.25) is 4.79 Å². The van der Waals surface area contributed by atoms with Crippen molar-refractivity contribution in [3.05, 3.63) is 23.0 Å². The maximum Gasteiger partial charge on any atom is 0.267 e. The maximum absolute atomic E-state index is 12.5. The molecule has 1 atom stereocenters. The summed E-state index contributed by atoms with van der Waals surface area (Å²) in [5.74, 6) is 0.0473. The SMILES string of the molecule is CCCc1nnsc1C(=O)N1CC[C@@H](n2ccnn2)C1. The van der Waals surface area contributed by atoms with E-state index >= 15 is 0 Å². The Hall–Kier alpha value is -1.83. The van der Waals surface area contributed by atoms with Gasteiger partial charge in [0, 0.05) is 19.3 Å². The third-order valence-corrected chi connectivity index (χ3v) is 4.26. The van der Waals surface area contributed by atoms with Crippen LogP contribution in [-0.4, -0.2) is 48.5 Å². The highest BCUT2D eigenvalue weighted by molar-refractivity contribution is 7.08. The molecule has 20 heavy (non-hydrogen) atoms. The zero-order valence-corrected chi connectivity index (χ0v) is 12.1. The molecule has 1 amide bonds. The molecule has 0 saturated carbocycles. The van der Waals surface area contributed by atoms with Crippen molar-refractivity contribution >= 4 is 17.4 Å². The van der Waals surface area contributed by atoms with E-state index < -0.39 is 0 Å². The highest BCUT2D eigenvalue weighted by Crippen LogP contribution is 2.24. The average molecular weight is 292 g/mol. The summed E-state index contributed by atoms with van der Waals surface area (Å²) >= 11 is 1.20. The largest absolute Gasteiger partial charge is 0.336 e. The maximum atomic E-state index is 12.5. The fourth-order valence-corrected chi connectivity index (χ4v) is 3.15. The van der Waals surface area contributed by atoms with E-state index in [9.17, 15) is 4.79 Å². The molecule has 2 aromatic rings. The second-order valence-corrected chi connectivity index (χ2v) is 5.63. The lowest BCUT2D eigenvalue weighted by molar-refractivity contribution is 0.0790. The van der Waals surface area contributed by atoms with Gasteiger partial charge in [0.25, 0.3) is 5.91 Å². The van der Waals surface area contributed by atoms with Crippen LogP contribution in [0.2, 0.25) is 0 Å². The van der Waals surface area contributed by atoms with E-state index in [0.29, 0.717) is 11.4 Å². The van der Waals surface area contributed by atoms with Gasteiger partial charge in [0.2, 0.25) is 0 Å². The number of rotatable bonds is 4. The van der Waals surface area contributed by atoms with Crippen LogP contribution >= 0.6 is 11.5 Å². The van der Waals surface area contributed by atoms with Gasteiger partial charge in [-0.05, 0) is 24.4 Å². The van der Waals surface area contributed by atoms with E-state index in [0.717, 1.165) is 31.5 Å². The first-order chi connectivity index (χ1) is 9.79. The molecule has 7 nitrogen and oxygen atoms in total. The summed E-state index contributed by atoms with van der Waals surface area (Å²) < 4.78 is 5.74. The van der Waals surface area contributed by atoms with Crippen LogP contribution in [0.25, 0.3) is 0 Å². The summed E-state index contributed by atoms with van der Waals surface area (Å²) in [4.78, 5) is 15.1. The van der Waals surface area contributed by atoms with Gasteiger partial charge in [-0.2, -0.15) is 0 Å². The van der Waals surface area contributed by atoms with Crippen LogP contribution in [0.15, 0.2) is 12.4 Å². The summed E-state index contributed by atoms with van der Waals surface area (Å²) in [7, 11) is 0. The second kappa shape index (κ2) is 5.66. The second-order valence-electron chi connectivity index (χ2n) is 4.88. The molecule has 3 heterocycles. The Morgan fingerprint density at radius 1 is 1.55 bits per heavy atom. The van der Waals surface area contributed by atoms with Gasteiger partial charge in [0.15, 0.2) is 0 Å². The number of aryl methyl sites for hydroxylation is 1. The third kappa shape index (κ3) is 2.43. The summed E-state index contributed by atoms with van der Waals surface area (Å²) in [6.45, 7) is 3.49. The quantitative estimate of drug-likeness (QED) is 0.845. The summed E-state index contributed by atoms with van der Waals surface area (Å²) in [5, 5.41) is 11.9. The van der Waals surface area contributed by atoms with Crippen LogP contribution in [-0.2, 0) is 6.42 Å². The van der Waals surface area contributed by atoms with E-state index in [1.807, 2.05) is 15.8 Å². The minimum absolute atomic E-state index is 0.0473. The van der Waals surface area contributed by atoms with Crippen LogP contribution in [0.3, 0.4) is 0 Å². The first-order valence-electron chi connectivity index (χ1n) is 6.76. The Morgan fingerprint density at radius 3 is 3.20 bits per heavy atom. The van der Waals surface area contributed by atoms with Crippen molar-refractivity contribution in [2.45, 2.75) is 32.2 Å². The average Bonchev–Trinajstić information content (AvgIpc) is 3.19. The molecule has 0 bridgehead atoms. The molecule has 3 rings (SSSR count). The lowest BCUT2D eigenvalue weighted by Gasteiger charge is -2.15. The van der Waals surface area contributed by atoms with Crippen LogP contribution in [0.5, 0.6) is 0 Å². The van der Waals surface area contributed by atoms with E-state index in [2.05, 4.69) is 26.8 Å². The standard InChI is InChI=1S/C12H16N6OS/c1-2-3-10-11(20-16-14-10)12(19)17-6-4-9(8-17)18-7-5-13-15-18/h5,7,9H,2-4,6,8H2,1H3/t9-/m1/s1. The molecule has 0 unspecified atom stereocenters. The normalized spacial score (nSPS) is 18.6. The Bertz CT molecular complexity index is 581. The van der Waals surface area contributed by atoms with Gasteiger partial charge in [0.1, 0.15) is 4.88 Å². The van der Waals surface area contributed by atoms with E-state index in [-0.39, 0.29) is 11.9 Å². The smallest absolute Gasteiger partial charge is 0.267 e. The minimum atomic E-state index is 0.0473. The minimum Gasteiger partial charge on any atom is -0.336 e. The highest BCUT2D eigenvalue weighted by Gasteiger charge is 2.30. The third-order valence-electron chi connectivity index (χ3n) is 3.50. The number of nitrogens with zero attached hydrogens (tertiary/aromatic N) is 6. The monoisotopic (exact) mass is 292 g/mol. The molecule has 0 N–H and O–H groups in total. The summed E-state index contributed by atoms with van der Waals surface area (Å²) in [5.41, 5.74) is 0.826. The topological polar surface area (TPSA) is 76.8 Å². The molecule has 0 spiro atoms. The van der Waals surface area contributed by atoms with Gasteiger partial charge < -0.3 is 4.90 Å². The van der Waals surface area contributed by atoms with Gasteiger partial charge in [-0.1, -0.05) is 23.0 Å². The number of amides is 1. The number of aromatic nitrogens is 5. The van der Waals surface area contributed by atoms with E-state index in [1.165, 1.54) is 11.5 Å². The van der Waals surface area contributed by atoms with E-state index in [4.69, 9.17) is 0 Å². The molecule has 0 radical (unpaired) electrons. The number of carbonyl (C=O) groups excluding carboxylic acids is 1. The predicted octanol–water partition coefficient (Wildman–Crippen LogP) is 1.17. The molecule has 1 aliphatic rings. The number of carbonyl (C=O) groups is 1. The highest BCUT2D eigenvalue weighted by atomic mass is 32.1. The molecular formula is C12H16N6OS. The lowest BCUT2D eigenvalue weighted by Crippen LogP contribution is -2.29. The van der Waals surface area contributed by atoms with Crippen molar-refractivity contribution in [1.82, 2.24) is 29.5 Å². The molecule has 1 saturated heterocycles. The first kappa shape index (κ1) is 13.2. The van der Waals surface area contributed by atoms with Crippen LogP contribution in [0.1, 0.15) is 41.2 Å². The molecule has 0 aromatic carbocycles. The zero-order valence-electron chi connectivity index (χ0n) is 11.3. The van der Waals surface area contributed by atoms with Crippen molar-refractivity contribution in [3.8, 4) is 0 Å². The molecule has 1 fully saturated rings. The Labute approximate surface area is 120 Å². The number of hydrogen-bond donors (Lipinski definition) is 0. The number of hydrogen-bond acceptors (Lipinski definition) is 6. The molecule has 8 heteroatoms. The van der Waals surface area contributed by atoms with Gasteiger partial charge >= 0.3 is 0 Å². The first-order valence-corrected chi connectivity index (χ1v) is 7.53. The van der Waals surface area contributed by atoms with Crippen LogP contribution < -0.4 is 0 Å². The van der Waals surface area contributed by atoms with Crippen molar-refractivity contribution < 1.29 is 4.79 Å². The van der Waals surface area contributed by atoms with Crippen molar-refractivity contribution in [3.63, 3.8) is 0 Å². The fraction of sp³-hybridized carbons (Fsp3) is 0.583. The molecule has 2 aromatic heterocycles. The van der Waals surface area contributed by atoms with Crippen LogP contribution in [0.4, 0.5) is 0 Å². The van der Waals surface area contributed by atoms with E-state index in [1.54, 1.807) is 6.20 Å². The van der Waals surface area contributed by atoms with Gasteiger partial charge in [0.05, 0.1) is 17.9 Å². The van der Waals surface area contributed by atoms with Crippen molar-refractivity contribution in [1.29, 1.82) is 0 Å². The molecule has 1 aliphatic heterocycles. The predicted molar refractivity (Wildman–Crippen MR) is 73.5 cm³/mol. The fourth-order valence-electron chi connectivity index (χ4n) is 2.47. The zero-order chi connectivity index (χ0) is 13.9. The Kier molecular flexibility index (Phi) is 3.72. The summed E-state index contributed by atoms with van der Waals surface area (Å²) in [6.07, 6.45) is 6.18. The molecule has 0 aliphatic carbocycles. The van der Waals surface area contributed by atoms with Crippen molar-refractivity contribution in [2.24, 2.45) is 0 Å². The van der Waals surface area contributed by atoms with Gasteiger partial charge in [-0.15, -0.1) is 10.2 Å².